The molecular weight excluding hydrogens is 495 g/mol. The van der Waals surface area contributed by atoms with Crippen LogP contribution in [0.1, 0.15) is 54.9 Å². The third kappa shape index (κ3) is 6.91. The molecule has 0 saturated heterocycles. The van der Waals surface area contributed by atoms with Crippen molar-refractivity contribution >= 4 is 10.8 Å². The summed E-state index contributed by atoms with van der Waals surface area (Å²) in [5.41, 5.74) is 1.90. The SMILES string of the molecule is CCCCCCOc1cc(F)c(CCc2ccc3c(F)c(CCc4ccc(F)c(F)c4)ccc3c2)c(F)c1. The second kappa shape index (κ2) is 12.9. The molecular formula is C32H31F5O. The Balaban J connectivity index is 1.39. The van der Waals surface area contributed by atoms with Gasteiger partial charge in [-0.15, -0.1) is 0 Å². The monoisotopic (exact) mass is 526 g/mol. The highest BCUT2D eigenvalue weighted by Crippen LogP contribution is 2.26. The smallest absolute Gasteiger partial charge is 0.159 e. The van der Waals surface area contributed by atoms with Gasteiger partial charge < -0.3 is 4.74 Å². The summed E-state index contributed by atoms with van der Waals surface area (Å²) in [5, 5.41) is 1.12. The molecule has 0 spiro atoms. The molecule has 200 valence electrons. The van der Waals surface area contributed by atoms with Crippen molar-refractivity contribution in [2.75, 3.05) is 6.61 Å². The minimum Gasteiger partial charge on any atom is -0.493 e. The van der Waals surface area contributed by atoms with E-state index in [9.17, 15) is 17.6 Å². The molecule has 0 fully saturated rings. The second-order valence-corrected chi connectivity index (χ2v) is 9.62. The van der Waals surface area contributed by atoms with Crippen LogP contribution in [0.15, 0.2) is 60.7 Å². The van der Waals surface area contributed by atoms with Gasteiger partial charge in [0.15, 0.2) is 11.6 Å². The van der Waals surface area contributed by atoms with E-state index < -0.39 is 23.3 Å². The van der Waals surface area contributed by atoms with Crippen molar-refractivity contribution < 1.29 is 26.7 Å². The maximum atomic E-state index is 15.1. The molecule has 4 rings (SSSR count). The number of hydrogen-bond acceptors (Lipinski definition) is 1. The van der Waals surface area contributed by atoms with E-state index >= 15 is 4.39 Å². The van der Waals surface area contributed by atoms with Gasteiger partial charge in [-0.3, -0.25) is 0 Å². The van der Waals surface area contributed by atoms with Crippen LogP contribution in [0, 0.1) is 29.1 Å². The molecule has 0 aliphatic rings. The quantitative estimate of drug-likeness (QED) is 0.132. The van der Waals surface area contributed by atoms with Crippen LogP contribution in [-0.2, 0) is 25.7 Å². The highest BCUT2D eigenvalue weighted by atomic mass is 19.2. The summed E-state index contributed by atoms with van der Waals surface area (Å²) in [4.78, 5) is 0. The van der Waals surface area contributed by atoms with Gasteiger partial charge in [-0.2, -0.15) is 0 Å². The molecule has 0 aliphatic heterocycles. The zero-order valence-corrected chi connectivity index (χ0v) is 21.4. The first-order valence-corrected chi connectivity index (χ1v) is 13.1. The van der Waals surface area contributed by atoms with E-state index in [0.29, 0.717) is 47.8 Å². The van der Waals surface area contributed by atoms with Crippen molar-refractivity contribution in [3.05, 3.63) is 112 Å². The molecule has 0 heterocycles. The summed E-state index contributed by atoms with van der Waals surface area (Å²) >= 11 is 0. The fraction of sp³-hybridized carbons (Fsp3) is 0.312. The molecule has 6 heteroatoms. The third-order valence-corrected chi connectivity index (χ3v) is 6.81. The molecule has 0 radical (unpaired) electrons. The molecule has 38 heavy (non-hydrogen) atoms. The first-order valence-electron chi connectivity index (χ1n) is 13.1. The zero-order valence-electron chi connectivity index (χ0n) is 21.4. The molecule has 0 unspecified atom stereocenters. The summed E-state index contributed by atoms with van der Waals surface area (Å²) in [5.74, 6) is -3.26. The van der Waals surface area contributed by atoms with Gasteiger partial charge in [-0.25, -0.2) is 22.0 Å². The van der Waals surface area contributed by atoms with E-state index in [-0.39, 0.29) is 23.6 Å². The van der Waals surface area contributed by atoms with E-state index in [4.69, 9.17) is 4.74 Å². The highest BCUT2D eigenvalue weighted by molar-refractivity contribution is 5.84. The van der Waals surface area contributed by atoms with Crippen LogP contribution in [-0.4, -0.2) is 6.61 Å². The van der Waals surface area contributed by atoms with Crippen LogP contribution in [0.5, 0.6) is 5.75 Å². The lowest BCUT2D eigenvalue weighted by Gasteiger charge is -2.11. The first-order chi connectivity index (χ1) is 18.4. The lowest BCUT2D eigenvalue weighted by atomic mass is 9.97. The lowest BCUT2D eigenvalue weighted by Crippen LogP contribution is -2.03. The van der Waals surface area contributed by atoms with Gasteiger partial charge in [0.1, 0.15) is 23.2 Å². The third-order valence-electron chi connectivity index (χ3n) is 6.81. The minimum atomic E-state index is -0.921. The second-order valence-electron chi connectivity index (χ2n) is 9.62. The molecule has 4 aromatic rings. The minimum absolute atomic E-state index is 0.00203. The molecule has 0 atom stereocenters. The number of unbranched alkanes of at least 4 members (excludes halogenated alkanes) is 3. The Bertz CT molecular complexity index is 1380. The summed E-state index contributed by atoms with van der Waals surface area (Å²) < 4.78 is 76.5. The van der Waals surface area contributed by atoms with E-state index in [1.807, 2.05) is 6.07 Å². The number of ether oxygens (including phenoxy) is 1. The van der Waals surface area contributed by atoms with Crippen LogP contribution in [0.3, 0.4) is 0 Å². The van der Waals surface area contributed by atoms with Gasteiger partial charge in [0.25, 0.3) is 0 Å². The Morgan fingerprint density at radius 3 is 2.05 bits per heavy atom. The van der Waals surface area contributed by atoms with Gasteiger partial charge in [-0.1, -0.05) is 62.6 Å². The van der Waals surface area contributed by atoms with Crippen molar-refractivity contribution in [2.24, 2.45) is 0 Å². The Morgan fingerprint density at radius 1 is 0.605 bits per heavy atom. The van der Waals surface area contributed by atoms with Crippen molar-refractivity contribution in [1.29, 1.82) is 0 Å². The van der Waals surface area contributed by atoms with Crippen LogP contribution < -0.4 is 4.74 Å². The fourth-order valence-electron chi connectivity index (χ4n) is 4.60. The molecule has 0 aliphatic carbocycles. The van der Waals surface area contributed by atoms with Crippen molar-refractivity contribution in [3.8, 4) is 5.75 Å². The normalized spacial score (nSPS) is 11.3. The van der Waals surface area contributed by atoms with Gasteiger partial charge in [-0.05, 0) is 66.3 Å². The lowest BCUT2D eigenvalue weighted by molar-refractivity contribution is 0.301. The summed E-state index contributed by atoms with van der Waals surface area (Å²) in [6.45, 7) is 2.54. The van der Waals surface area contributed by atoms with Crippen LogP contribution in [0.4, 0.5) is 22.0 Å². The zero-order chi connectivity index (χ0) is 27.1. The summed E-state index contributed by atoms with van der Waals surface area (Å²) in [6, 6.07) is 14.9. The Morgan fingerprint density at radius 2 is 1.32 bits per heavy atom. The summed E-state index contributed by atoms with van der Waals surface area (Å²) in [7, 11) is 0. The number of benzene rings is 4. The van der Waals surface area contributed by atoms with Gasteiger partial charge >= 0.3 is 0 Å². The molecule has 4 aromatic carbocycles. The van der Waals surface area contributed by atoms with Crippen molar-refractivity contribution in [3.63, 3.8) is 0 Å². The molecule has 0 saturated carbocycles. The van der Waals surface area contributed by atoms with E-state index in [1.165, 1.54) is 18.2 Å². The molecule has 0 bridgehead atoms. The number of rotatable bonds is 12. The van der Waals surface area contributed by atoms with Crippen LogP contribution >= 0.6 is 0 Å². The highest BCUT2D eigenvalue weighted by Gasteiger charge is 2.14. The standard InChI is InChI=1S/C32H31F5O/c1-2-3-4-5-16-38-25-19-29(34)27(30(35)20-25)14-8-21-7-13-26-24(17-21)12-11-23(32(26)37)10-6-22-9-15-28(33)31(36)18-22/h7,9,11-13,15,17-20H,2-6,8,10,14,16H2,1H3. The number of hydrogen-bond donors (Lipinski definition) is 0. The largest absolute Gasteiger partial charge is 0.493 e. The molecule has 0 aromatic heterocycles. The fourth-order valence-corrected chi connectivity index (χ4v) is 4.60. The van der Waals surface area contributed by atoms with E-state index in [0.717, 1.165) is 43.4 Å². The molecule has 0 amide bonds. The van der Waals surface area contributed by atoms with E-state index in [2.05, 4.69) is 6.92 Å². The number of halogens is 5. The Hall–Kier alpha value is -3.41. The summed E-state index contributed by atoms with van der Waals surface area (Å²) in [6.07, 6.45) is 5.34. The molecule has 0 N–H and O–H groups in total. The maximum Gasteiger partial charge on any atom is 0.159 e. The number of aryl methyl sites for hydroxylation is 3. The van der Waals surface area contributed by atoms with Crippen LogP contribution in [0.25, 0.3) is 10.8 Å². The average molecular weight is 527 g/mol. The topological polar surface area (TPSA) is 9.23 Å². The number of fused-ring (bicyclic) bond motifs is 1. The average Bonchev–Trinajstić information content (AvgIpc) is 2.89. The Kier molecular flexibility index (Phi) is 9.38. The predicted octanol–water partition coefficient (Wildman–Crippen LogP) is 9.06. The van der Waals surface area contributed by atoms with Gasteiger partial charge in [0.05, 0.1) is 6.61 Å². The van der Waals surface area contributed by atoms with Crippen molar-refractivity contribution in [2.45, 2.75) is 58.3 Å². The van der Waals surface area contributed by atoms with Gasteiger partial charge in [0, 0.05) is 23.1 Å². The maximum absolute atomic E-state index is 15.1. The van der Waals surface area contributed by atoms with Crippen molar-refractivity contribution in [1.82, 2.24) is 0 Å². The predicted molar refractivity (Wildman–Crippen MR) is 141 cm³/mol. The van der Waals surface area contributed by atoms with E-state index in [1.54, 1.807) is 24.3 Å². The first kappa shape index (κ1) is 27.6. The molecule has 1 nitrogen and oxygen atoms in total. The van der Waals surface area contributed by atoms with Gasteiger partial charge in [0.2, 0.25) is 0 Å². The van der Waals surface area contributed by atoms with Crippen LogP contribution in [0.2, 0.25) is 0 Å². The Labute approximate surface area is 220 Å².